The third-order valence-electron chi connectivity index (χ3n) is 0.514. The van der Waals surface area contributed by atoms with E-state index in [1.807, 2.05) is 12.3 Å². The molecule has 0 saturated heterocycles. The Labute approximate surface area is 63.6 Å². The lowest BCUT2D eigenvalue weighted by Crippen LogP contribution is -1.96. The maximum Gasteiger partial charge on any atom is 0.283 e. The predicted molar refractivity (Wildman–Crippen MR) is 28.5 cm³/mol. The second kappa shape index (κ2) is 6.81. The highest BCUT2D eigenvalue weighted by atomic mass is 24.3. The molecule has 0 aliphatic heterocycles. The zero-order valence-corrected chi connectivity index (χ0v) is 5.83. The van der Waals surface area contributed by atoms with Crippen LogP contribution in [0.25, 0.3) is 0 Å². The number of H-pyrrole nitrogens is 1. The van der Waals surface area contributed by atoms with E-state index in [9.17, 15) is 0 Å². The van der Waals surface area contributed by atoms with Crippen LogP contribution in [0.5, 0.6) is 0 Å². The first-order valence-electron chi connectivity index (χ1n) is 1.76. The van der Waals surface area contributed by atoms with E-state index in [-0.39, 0.29) is 28.5 Å². The second-order valence-corrected chi connectivity index (χ2v) is 0.953. The molecule has 0 bridgehead atoms. The van der Waals surface area contributed by atoms with Crippen LogP contribution in [-0.2, 0) is 0 Å². The lowest BCUT2D eigenvalue weighted by atomic mass is 10.7. The molecule has 0 saturated carbocycles. The van der Waals surface area contributed by atoms with Crippen molar-refractivity contribution in [3.63, 3.8) is 0 Å². The van der Waals surface area contributed by atoms with Crippen molar-refractivity contribution < 1.29 is 10.5 Å². The minimum absolute atomic E-state index is 0. The van der Waals surface area contributed by atoms with Gasteiger partial charge in [0, 0.05) is 29.1 Å². The van der Waals surface area contributed by atoms with Gasteiger partial charge >= 0.3 is 0 Å². The summed E-state index contributed by atoms with van der Waals surface area (Å²) < 4.78 is 0. The standard InChI is InChI=1S/C4H4N2.Mg.H2O/c1-2-5-4-6-3-1;;/h1-4H;;1H2. The highest BCUT2D eigenvalue weighted by molar-refractivity contribution is 5.75. The quantitative estimate of drug-likeness (QED) is 0.429. The number of aromatic nitrogens is 2. The van der Waals surface area contributed by atoms with E-state index in [4.69, 9.17) is 0 Å². The van der Waals surface area contributed by atoms with Crippen LogP contribution in [0.1, 0.15) is 0 Å². The van der Waals surface area contributed by atoms with Crippen LogP contribution in [0.4, 0.5) is 0 Å². The average Bonchev–Trinajstić information content (AvgIpc) is 1.72. The predicted octanol–water partition coefficient (Wildman–Crippen LogP) is -0.662. The van der Waals surface area contributed by atoms with Gasteiger partial charge in [0.15, 0.2) is 0 Å². The molecule has 1 aromatic heterocycles. The molecule has 0 atom stereocenters. The fourth-order valence-electron chi connectivity index (χ4n) is 0.277. The maximum absolute atomic E-state index is 3.73. The number of nitrogens with one attached hydrogen (secondary N) is 1. The molecule has 2 radical (unpaired) electrons. The van der Waals surface area contributed by atoms with Gasteiger partial charge in [-0.3, -0.25) is 4.98 Å². The lowest BCUT2D eigenvalue weighted by Gasteiger charge is -1.61. The summed E-state index contributed by atoms with van der Waals surface area (Å²) in [4.78, 5) is 6.51. The van der Waals surface area contributed by atoms with Crippen molar-refractivity contribution in [1.29, 1.82) is 0 Å². The van der Waals surface area contributed by atoms with E-state index < -0.39 is 0 Å². The lowest BCUT2D eigenvalue weighted by molar-refractivity contribution is -0.382. The van der Waals surface area contributed by atoms with Gasteiger partial charge in [-0.1, -0.05) is 4.98 Å². The second-order valence-electron chi connectivity index (χ2n) is 0.953. The summed E-state index contributed by atoms with van der Waals surface area (Å²) in [6.45, 7) is 0. The Morgan fingerprint density at radius 3 is 2.25 bits per heavy atom. The van der Waals surface area contributed by atoms with Crippen LogP contribution in [-0.4, -0.2) is 33.5 Å². The van der Waals surface area contributed by atoms with Crippen molar-refractivity contribution in [2.75, 3.05) is 0 Å². The summed E-state index contributed by atoms with van der Waals surface area (Å²) in [5.74, 6) is 0. The Hall–Kier alpha value is -0.194. The third kappa shape index (κ3) is 3.98. The Bertz CT molecular complexity index is 86.0. The van der Waals surface area contributed by atoms with Crippen molar-refractivity contribution in [2.45, 2.75) is 0 Å². The Morgan fingerprint density at radius 1 is 1.38 bits per heavy atom. The summed E-state index contributed by atoms with van der Waals surface area (Å²) in [5, 5.41) is 0. The molecule has 8 heavy (non-hydrogen) atoms. The highest BCUT2D eigenvalue weighted by Gasteiger charge is 1.69. The Balaban J connectivity index is 0. The van der Waals surface area contributed by atoms with Crippen LogP contribution in [0, 0.1) is 0 Å². The van der Waals surface area contributed by atoms with Gasteiger partial charge in [-0.15, -0.1) is 0 Å². The van der Waals surface area contributed by atoms with Crippen molar-refractivity contribution in [3.05, 3.63) is 24.8 Å². The molecule has 0 aliphatic carbocycles. The first kappa shape index (κ1) is 10.7. The van der Waals surface area contributed by atoms with E-state index in [2.05, 4.69) is 9.97 Å². The molecule has 0 amide bonds. The van der Waals surface area contributed by atoms with E-state index >= 15 is 0 Å². The van der Waals surface area contributed by atoms with Crippen LogP contribution >= 0.6 is 0 Å². The van der Waals surface area contributed by atoms with Gasteiger partial charge in [0.05, 0.1) is 6.20 Å². The molecule has 0 fully saturated rings. The summed E-state index contributed by atoms with van der Waals surface area (Å²) in [6.07, 6.45) is 5.16. The van der Waals surface area contributed by atoms with Crippen molar-refractivity contribution in [1.82, 2.24) is 4.98 Å². The van der Waals surface area contributed by atoms with Crippen LogP contribution < -0.4 is 4.98 Å². The van der Waals surface area contributed by atoms with Crippen LogP contribution in [0.3, 0.4) is 0 Å². The van der Waals surface area contributed by atoms with E-state index in [0.717, 1.165) is 0 Å². The van der Waals surface area contributed by atoms with E-state index in [0.29, 0.717) is 0 Å². The summed E-state index contributed by atoms with van der Waals surface area (Å²) in [5.41, 5.74) is 0. The van der Waals surface area contributed by atoms with Gasteiger partial charge in [-0.05, 0) is 0 Å². The first-order valence-corrected chi connectivity index (χ1v) is 1.76. The van der Waals surface area contributed by atoms with Gasteiger partial charge in [0.25, 0.3) is 6.33 Å². The smallest absolute Gasteiger partial charge is 0.283 e. The van der Waals surface area contributed by atoms with Crippen LogP contribution in [0.15, 0.2) is 24.8 Å². The van der Waals surface area contributed by atoms with Crippen molar-refractivity contribution in [3.8, 4) is 0 Å². The van der Waals surface area contributed by atoms with Crippen LogP contribution in [0.2, 0.25) is 0 Å². The SMILES string of the molecule is [Mg].[OH-].c1cnc[nH+]c1. The largest absolute Gasteiger partial charge is 0.870 e. The molecule has 3 nitrogen and oxygen atoms in total. The number of aromatic amines is 1. The van der Waals surface area contributed by atoms with E-state index in [1.165, 1.54) is 0 Å². The fourth-order valence-corrected chi connectivity index (χ4v) is 0.277. The van der Waals surface area contributed by atoms with Gasteiger partial charge in [-0.25, -0.2) is 0 Å². The molecule has 1 aromatic rings. The molecule has 0 unspecified atom stereocenters. The van der Waals surface area contributed by atoms with Gasteiger partial charge < -0.3 is 5.48 Å². The molecular weight excluding hydrogens is 116 g/mol. The zero-order chi connectivity index (χ0) is 4.24. The molecule has 2 N–H and O–H groups in total. The molecule has 40 valence electrons. The summed E-state index contributed by atoms with van der Waals surface area (Å²) in [7, 11) is 0. The molecule has 1 rings (SSSR count). The van der Waals surface area contributed by atoms with E-state index in [1.54, 1.807) is 12.5 Å². The number of nitrogens with zero attached hydrogens (tertiary/aromatic N) is 1. The minimum atomic E-state index is 0. The molecule has 0 spiro atoms. The summed E-state index contributed by atoms with van der Waals surface area (Å²) in [6, 6.07) is 1.83. The number of hydrogen-bond donors (Lipinski definition) is 0. The number of rotatable bonds is 0. The molecule has 4 heteroatoms. The Morgan fingerprint density at radius 2 is 2.12 bits per heavy atom. The van der Waals surface area contributed by atoms with Gasteiger partial charge in [0.2, 0.25) is 0 Å². The minimum Gasteiger partial charge on any atom is -0.870 e. The Kier molecular flexibility index (Phi) is 9.13. The molecule has 0 aliphatic rings. The highest BCUT2D eigenvalue weighted by Crippen LogP contribution is 1.60. The maximum atomic E-state index is 3.73. The third-order valence-corrected chi connectivity index (χ3v) is 0.514. The topological polar surface area (TPSA) is 57.0 Å². The first-order chi connectivity index (χ1) is 3.00. The normalized spacial score (nSPS) is 6.00. The average molecular weight is 122 g/mol. The van der Waals surface area contributed by atoms with Gasteiger partial charge in [0.1, 0.15) is 6.20 Å². The molecular formula is C4H6MgN2O. The monoisotopic (exact) mass is 122 g/mol. The fraction of sp³-hybridized carbons (Fsp3) is 0. The van der Waals surface area contributed by atoms with Crippen molar-refractivity contribution >= 4 is 23.1 Å². The van der Waals surface area contributed by atoms with Crippen molar-refractivity contribution in [2.24, 2.45) is 0 Å². The number of hydrogen-bond acceptors (Lipinski definition) is 2. The zero-order valence-electron chi connectivity index (χ0n) is 4.41. The summed E-state index contributed by atoms with van der Waals surface area (Å²) >= 11 is 0. The molecule has 0 aromatic carbocycles. The van der Waals surface area contributed by atoms with Gasteiger partial charge in [-0.2, -0.15) is 0 Å². The molecule has 1 heterocycles.